The summed E-state index contributed by atoms with van der Waals surface area (Å²) in [5.74, 6) is 0. The second kappa shape index (κ2) is 8.42. The fourth-order valence-electron chi connectivity index (χ4n) is 1.36. The Hall–Kier alpha value is -0.680. The number of hydrogen-bond donors (Lipinski definition) is 2. The molecule has 0 unspecified atom stereocenters. The number of hydrogen-bond acceptors (Lipinski definition) is 2. The molecule has 0 saturated heterocycles. The van der Waals surface area contributed by atoms with Crippen molar-refractivity contribution in [2.24, 2.45) is 7.05 Å². The van der Waals surface area contributed by atoms with Crippen molar-refractivity contribution in [2.75, 3.05) is 0 Å². The van der Waals surface area contributed by atoms with Gasteiger partial charge in [-0.3, -0.25) is 4.57 Å². The fraction of sp³-hybridized carbons (Fsp3) is 0.700. The molecule has 1 aromatic rings. The summed E-state index contributed by atoms with van der Waals surface area (Å²) in [4.78, 5) is 22.9. The van der Waals surface area contributed by atoms with Gasteiger partial charge in [0.05, 0.1) is 13.6 Å². The highest BCUT2D eigenvalue weighted by Crippen LogP contribution is 2.18. The lowest BCUT2D eigenvalue weighted by atomic mass is 10.2. The molecule has 0 aliphatic rings. The summed E-state index contributed by atoms with van der Waals surface area (Å²) in [6.45, 7) is 3.41. The largest absolute Gasteiger partial charge is 0.756 e. The highest BCUT2D eigenvalue weighted by Gasteiger charge is 1.97. The van der Waals surface area contributed by atoms with Gasteiger partial charge >= 0.3 is 0 Å². The van der Waals surface area contributed by atoms with E-state index in [4.69, 9.17) is 19.2 Å². The molecule has 1 heterocycles. The molecule has 6 nitrogen and oxygen atoms in total. The van der Waals surface area contributed by atoms with Gasteiger partial charge in [-0.15, -0.1) is 0 Å². The number of aromatic nitrogens is 2. The SMILES string of the molecule is CCCCCC[n+]1ccn(C)c1.O=P([O-])(O)O. The Morgan fingerprint density at radius 1 is 1.35 bits per heavy atom. The molecule has 0 radical (unpaired) electrons. The number of unbranched alkanes of at least 4 members (excludes halogenated alkanes) is 3. The molecular formula is C10H21N2O4P. The smallest absolute Gasteiger partial charge is 0.262 e. The van der Waals surface area contributed by atoms with Crippen LogP contribution in [0, 0.1) is 0 Å². The van der Waals surface area contributed by atoms with E-state index < -0.39 is 7.82 Å². The lowest BCUT2D eigenvalue weighted by Crippen LogP contribution is -2.30. The molecule has 100 valence electrons. The first-order valence-electron chi connectivity index (χ1n) is 5.60. The summed E-state index contributed by atoms with van der Waals surface area (Å²) in [7, 11) is -2.83. The topological polar surface area (TPSA) is 89.4 Å². The summed E-state index contributed by atoms with van der Waals surface area (Å²) < 4.78 is 13.1. The van der Waals surface area contributed by atoms with E-state index in [0.717, 1.165) is 0 Å². The number of imidazole rings is 1. The van der Waals surface area contributed by atoms with Gasteiger partial charge in [-0.05, 0) is 12.8 Å². The van der Waals surface area contributed by atoms with Gasteiger partial charge in [0.15, 0.2) is 0 Å². The first-order chi connectivity index (χ1) is 7.83. The Morgan fingerprint density at radius 2 is 1.94 bits per heavy atom. The standard InChI is InChI=1S/C10H19N2.H3O4P/c1-3-4-5-6-7-12-9-8-11(2)10-12;1-5(2,3)4/h8-10H,3-7H2,1-2H3;(H3,1,2,3,4)/q+1;/p-1. The van der Waals surface area contributed by atoms with Gasteiger partial charge in [0.2, 0.25) is 6.33 Å². The van der Waals surface area contributed by atoms with Crippen molar-refractivity contribution >= 4 is 7.82 Å². The third kappa shape index (κ3) is 13.3. The van der Waals surface area contributed by atoms with Crippen LogP contribution in [0.4, 0.5) is 0 Å². The van der Waals surface area contributed by atoms with E-state index in [2.05, 4.69) is 41.8 Å². The zero-order valence-electron chi connectivity index (χ0n) is 10.3. The Kier molecular flexibility index (Phi) is 8.08. The van der Waals surface area contributed by atoms with Crippen molar-refractivity contribution in [3.8, 4) is 0 Å². The van der Waals surface area contributed by atoms with Crippen LogP contribution in [-0.4, -0.2) is 14.4 Å². The van der Waals surface area contributed by atoms with E-state index in [1.807, 2.05) is 0 Å². The molecule has 1 rings (SSSR count). The predicted octanol–water partition coefficient (Wildman–Crippen LogP) is 0.332. The Bertz CT molecular complexity index is 340. The number of rotatable bonds is 5. The quantitative estimate of drug-likeness (QED) is 0.455. The summed E-state index contributed by atoms with van der Waals surface area (Å²) in [5.41, 5.74) is 0. The molecule has 0 aliphatic heterocycles. The van der Waals surface area contributed by atoms with Crippen LogP contribution in [0.5, 0.6) is 0 Å². The van der Waals surface area contributed by atoms with E-state index in [-0.39, 0.29) is 0 Å². The minimum absolute atomic E-state index is 1.17. The maximum Gasteiger partial charge on any atom is 0.262 e. The fourth-order valence-corrected chi connectivity index (χ4v) is 1.36. The minimum atomic E-state index is -4.89. The Balaban J connectivity index is 0.000000437. The first-order valence-corrected chi connectivity index (χ1v) is 7.13. The summed E-state index contributed by atoms with van der Waals surface area (Å²) in [6.07, 6.45) is 11.7. The van der Waals surface area contributed by atoms with Crippen molar-refractivity contribution in [2.45, 2.75) is 39.2 Å². The van der Waals surface area contributed by atoms with Gasteiger partial charge in [-0.25, -0.2) is 9.13 Å². The van der Waals surface area contributed by atoms with Gasteiger partial charge in [-0.2, -0.15) is 0 Å². The van der Waals surface area contributed by atoms with Gasteiger partial charge in [0, 0.05) is 0 Å². The molecular weight excluding hydrogens is 243 g/mol. The predicted molar refractivity (Wildman–Crippen MR) is 61.8 cm³/mol. The highest BCUT2D eigenvalue weighted by molar-refractivity contribution is 7.43. The molecule has 0 saturated carbocycles. The van der Waals surface area contributed by atoms with E-state index in [1.165, 1.54) is 32.2 Å². The molecule has 2 N–H and O–H groups in total. The second-order valence-electron chi connectivity index (χ2n) is 3.87. The number of phosphoric acid groups is 1. The minimum Gasteiger partial charge on any atom is -0.756 e. The zero-order chi connectivity index (χ0) is 13.3. The van der Waals surface area contributed by atoms with E-state index in [1.54, 1.807) is 0 Å². The molecule has 17 heavy (non-hydrogen) atoms. The summed E-state index contributed by atoms with van der Waals surface area (Å²) in [5, 5.41) is 0. The van der Waals surface area contributed by atoms with Crippen LogP contribution in [0.25, 0.3) is 0 Å². The van der Waals surface area contributed by atoms with Crippen molar-refractivity contribution in [1.82, 2.24) is 4.57 Å². The van der Waals surface area contributed by atoms with Crippen LogP contribution in [0.15, 0.2) is 18.7 Å². The van der Waals surface area contributed by atoms with Crippen LogP contribution in [0.1, 0.15) is 32.6 Å². The lowest BCUT2D eigenvalue weighted by Gasteiger charge is -2.01. The van der Waals surface area contributed by atoms with Gasteiger partial charge in [-0.1, -0.05) is 19.8 Å². The molecule has 0 fully saturated rings. The molecule has 0 amide bonds. The van der Waals surface area contributed by atoms with E-state index >= 15 is 0 Å². The van der Waals surface area contributed by atoms with E-state index in [0.29, 0.717) is 0 Å². The summed E-state index contributed by atoms with van der Waals surface area (Å²) >= 11 is 0. The van der Waals surface area contributed by atoms with Crippen LogP contribution in [-0.2, 0) is 18.2 Å². The normalized spacial score (nSPS) is 10.9. The average Bonchev–Trinajstić information content (AvgIpc) is 2.56. The monoisotopic (exact) mass is 264 g/mol. The third-order valence-electron chi connectivity index (χ3n) is 2.09. The zero-order valence-corrected chi connectivity index (χ0v) is 11.2. The van der Waals surface area contributed by atoms with Gasteiger partial charge < -0.3 is 14.7 Å². The van der Waals surface area contributed by atoms with Crippen molar-refractivity contribution in [3.63, 3.8) is 0 Å². The first kappa shape index (κ1) is 16.3. The van der Waals surface area contributed by atoms with Gasteiger partial charge in [0.25, 0.3) is 7.82 Å². The van der Waals surface area contributed by atoms with E-state index in [9.17, 15) is 0 Å². The van der Waals surface area contributed by atoms with Crippen LogP contribution in [0.3, 0.4) is 0 Å². The van der Waals surface area contributed by atoms with Crippen molar-refractivity contribution in [1.29, 1.82) is 0 Å². The second-order valence-corrected chi connectivity index (χ2v) is 4.85. The van der Waals surface area contributed by atoms with Crippen LogP contribution >= 0.6 is 7.82 Å². The summed E-state index contributed by atoms with van der Waals surface area (Å²) in [6, 6.07) is 0. The van der Waals surface area contributed by atoms with Gasteiger partial charge in [0.1, 0.15) is 12.4 Å². The molecule has 0 aromatic carbocycles. The van der Waals surface area contributed by atoms with Crippen molar-refractivity contribution < 1.29 is 23.8 Å². The van der Waals surface area contributed by atoms with Crippen LogP contribution in [0.2, 0.25) is 0 Å². The average molecular weight is 264 g/mol. The molecule has 0 bridgehead atoms. The molecule has 0 aliphatic carbocycles. The third-order valence-corrected chi connectivity index (χ3v) is 2.09. The van der Waals surface area contributed by atoms with Crippen molar-refractivity contribution in [3.05, 3.63) is 18.7 Å². The molecule has 7 heteroatoms. The number of nitrogens with zero attached hydrogens (tertiary/aromatic N) is 2. The molecule has 0 atom stereocenters. The maximum atomic E-state index is 8.77. The molecule has 1 aromatic heterocycles. The highest BCUT2D eigenvalue weighted by atomic mass is 31.2. The van der Waals surface area contributed by atoms with Crippen LogP contribution < -0.4 is 9.46 Å². The Labute approximate surface area is 102 Å². The maximum absolute atomic E-state index is 8.77. The molecule has 0 spiro atoms. The lowest BCUT2D eigenvalue weighted by molar-refractivity contribution is -0.696. The Morgan fingerprint density at radius 3 is 2.35 bits per heavy atom. The number of aryl methyl sites for hydroxylation is 2.